The van der Waals surface area contributed by atoms with Crippen molar-refractivity contribution in [2.24, 2.45) is 0 Å². The Labute approximate surface area is 184 Å². The molecule has 0 fully saturated rings. The van der Waals surface area contributed by atoms with Gasteiger partial charge in [-0.25, -0.2) is 4.98 Å². The highest BCUT2D eigenvalue weighted by atomic mass is 35.5. The molecule has 0 bridgehead atoms. The first-order chi connectivity index (χ1) is 13.9. The highest BCUT2D eigenvalue weighted by molar-refractivity contribution is 5.91. The van der Waals surface area contributed by atoms with Crippen molar-refractivity contribution in [1.82, 2.24) is 9.97 Å². The van der Waals surface area contributed by atoms with Gasteiger partial charge in [-0.1, -0.05) is 6.07 Å². The van der Waals surface area contributed by atoms with Crippen molar-refractivity contribution < 1.29 is 17.1 Å². The predicted octanol–water partition coefficient (Wildman–Crippen LogP) is 2.57. The summed E-state index contributed by atoms with van der Waals surface area (Å²) in [7, 11) is 0. The van der Waals surface area contributed by atoms with Gasteiger partial charge in [-0.3, -0.25) is 0 Å². The number of aromatic nitrogens is 2. The van der Waals surface area contributed by atoms with Gasteiger partial charge in [-0.2, -0.15) is 5.26 Å². The number of nitriles is 1. The van der Waals surface area contributed by atoms with E-state index in [1.54, 1.807) is 0 Å². The number of anilines is 1. The van der Waals surface area contributed by atoms with Gasteiger partial charge in [0, 0.05) is 30.4 Å². The molecule has 3 aromatic rings. The van der Waals surface area contributed by atoms with Gasteiger partial charge < -0.3 is 27.0 Å². The first-order valence-electron chi connectivity index (χ1n) is 10.1. The summed E-state index contributed by atoms with van der Waals surface area (Å²) in [5.41, 5.74) is 5.38. The Morgan fingerprint density at radius 3 is 2.57 bits per heavy atom. The lowest BCUT2D eigenvalue weighted by atomic mass is 10.1. The summed E-state index contributed by atoms with van der Waals surface area (Å²) in [5.74, 6) is 1.33. The third-order valence-electron chi connectivity index (χ3n) is 4.80. The molecular formula is C24H28ClN4O-. The molecule has 30 heavy (non-hydrogen) atoms. The first kappa shape index (κ1) is 23.3. The smallest absolute Gasteiger partial charge is 0.149 e. The molecule has 0 saturated heterocycles. The van der Waals surface area contributed by atoms with E-state index < -0.39 is 0 Å². The number of aryl methyl sites for hydroxylation is 1. The third kappa shape index (κ3) is 5.14. The zero-order valence-corrected chi connectivity index (χ0v) is 18.9. The van der Waals surface area contributed by atoms with Crippen LogP contribution in [0.1, 0.15) is 44.6 Å². The lowest BCUT2D eigenvalue weighted by molar-refractivity contribution is -0.00000763. The maximum absolute atomic E-state index is 9.78. The number of nitrogens with one attached hydrogen (secondary N) is 1. The minimum absolute atomic E-state index is 0. The Balaban J connectivity index is 0.00000320. The zero-order chi connectivity index (χ0) is 21.0. The number of allylic oxidation sites excluding steroid dienone is 1. The Morgan fingerprint density at radius 1 is 1.20 bits per heavy atom. The van der Waals surface area contributed by atoms with E-state index in [0.717, 1.165) is 46.7 Å². The maximum atomic E-state index is 9.78. The largest absolute Gasteiger partial charge is 1.00 e. The molecule has 1 heterocycles. The lowest BCUT2D eigenvalue weighted by Crippen LogP contribution is -3.00. The SMILES string of the molecule is CCN(CC)c1ccc(/C=C(\C#N)c2nc3ccc(C)cc3[nH]2)c(OC(C)C)c1.[Cl-]. The summed E-state index contributed by atoms with van der Waals surface area (Å²) < 4.78 is 6.07. The summed E-state index contributed by atoms with van der Waals surface area (Å²) in [6.07, 6.45) is 1.88. The minimum Gasteiger partial charge on any atom is -1.00 e. The van der Waals surface area contributed by atoms with Crippen molar-refractivity contribution in [3.05, 3.63) is 53.3 Å². The van der Waals surface area contributed by atoms with Crippen molar-refractivity contribution >= 4 is 28.4 Å². The third-order valence-corrected chi connectivity index (χ3v) is 4.80. The summed E-state index contributed by atoms with van der Waals surface area (Å²) in [5, 5.41) is 9.78. The molecule has 2 aromatic carbocycles. The second-order valence-electron chi connectivity index (χ2n) is 7.34. The summed E-state index contributed by atoms with van der Waals surface area (Å²) >= 11 is 0. The van der Waals surface area contributed by atoms with Crippen LogP contribution in [0.3, 0.4) is 0 Å². The molecule has 0 atom stereocenters. The van der Waals surface area contributed by atoms with Crippen molar-refractivity contribution in [2.45, 2.75) is 40.7 Å². The van der Waals surface area contributed by atoms with Gasteiger partial charge in [0.2, 0.25) is 0 Å². The average Bonchev–Trinajstić information content (AvgIpc) is 3.10. The van der Waals surface area contributed by atoms with E-state index in [1.807, 2.05) is 51.1 Å². The van der Waals surface area contributed by atoms with E-state index in [-0.39, 0.29) is 18.5 Å². The molecule has 158 valence electrons. The van der Waals surface area contributed by atoms with Gasteiger partial charge in [0.05, 0.1) is 22.7 Å². The van der Waals surface area contributed by atoms with Gasteiger partial charge in [0.15, 0.2) is 0 Å². The van der Waals surface area contributed by atoms with E-state index in [0.29, 0.717) is 11.4 Å². The van der Waals surface area contributed by atoms with Crippen molar-refractivity contribution in [1.29, 1.82) is 5.26 Å². The molecule has 0 amide bonds. The van der Waals surface area contributed by atoms with Crippen LogP contribution in [0.5, 0.6) is 5.75 Å². The molecule has 0 radical (unpaired) electrons. The van der Waals surface area contributed by atoms with Crippen molar-refractivity contribution in [3.63, 3.8) is 0 Å². The molecule has 6 heteroatoms. The van der Waals surface area contributed by atoms with Gasteiger partial charge in [0.1, 0.15) is 17.6 Å². The number of halogens is 1. The number of imidazole rings is 1. The van der Waals surface area contributed by atoms with Crippen LogP contribution >= 0.6 is 0 Å². The van der Waals surface area contributed by atoms with Crippen LogP contribution < -0.4 is 22.0 Å². The molecule has 0 aliphatic carbocycles. The molecule has 5 nitrogen and oxygen atoms in total. The zero-order valence-electron chi connectivity index (χ0n) is 18.2. The number of fused-ring (bicyclic) bond motifs is 1. The second-order valence-corrected chi connectivity index (χ2v) is 7.34. The molecular weight excluding hydrogens is 396 g/mol. The Morgan fingerprint density at radius 2 is 1.93 bits per heavy atom. The van der Waals surface area contributed by atoms with Crippen molar-refractivity contribution in [3.8, 4) is 11.8 Å². The van der Waals surface area contributed by atoms with E-state index >= 15 is 0 Å². The topological polar surface area (TPSA) is 64.9 Å². The molecule has 0 spiro atoms. The van der Waals surface area contributed by atoms with E-state index in [1.165, 1.54) is 0 Å². The van der Waals surface area contributed by atoms with E-state index in [9.17, 15) is 5.26 Å². The summed E-state index contributed by atoms with van der Waals surface area (Å²) in [4.78, 5) is 10.1. The van der Waals surface area contributed by atoms with Crippen LogP contribution in [0.25, 0.3) is 22.7 Å². The standard InChI is InChI=1S/C24H28N4O.ClH/c1-6-28(7-2)20-10-9-18(23(14-20)29-16(3)4)13-19(15-25)24-26-21-11-8-17(5)12-22(21)27-24;/h8-14,16H,6-7H2,1-5H3,(H,26,27);1H/p-1/b19-13+;. The number of hydrogen-bond donors (Lipinski definition) is 1. The first-order valence-corrected chi connectivity index (χ1v) is 10.1. The fourth-order valence-electron chi connectivity index (χ4n) is 3.34. The second kappa shape index (κ2) is 10.2. The minimum atomic E-state index is 0. The molecule has 0 unspecified atom stereocenters. The number of nitrogens with zero attached hydrogens (tertiary/aromatic N) is 3. The average molecular weight is 424 g/mol. The molecule has 1 N–H and O–H groups in total. The number of hydrogen-bond acceptors (Lipinski definition) is 4. The number of aromatic amines is 1. The molecule has 0 saturated carbocycles. The molecule has 3 rings (SSSR count). The number of ether oxygens (including phenoxy) is 1. The van der Waals surface area contributed by atoms with E-state index in [4.69, 9.17) is 4.74 Å². The predicted molar refractivity (Wildman–Crippen MR) is 120 cm³/mol. The highest BCUT2D eigenvalue weighted by Gasteiger charge is 2.13. The maximum Gasteiger partial charge on any atom is 0.149 e. The fraction of sp³-hybridized carbons (Fsp3) is 0.333. The van der Waals surface area contributed by atoms with E-state index in [2.05, 4.69) is 46.9 Å². The number of rotatable bonds is 7. The van der Waals surface area contributed by atoms with Gasteiger partial charge in [-0.15, -0.1) is 0 Å². The van der Waals surface area contributed by atoms with Gasteiger partial charge >= 0.3 is 0 Å². The highest BCUT2D eigenvalue weighted by Crippen LogP contribution is 2.30. The monoisotopic (exact) mass is 423 g/mol. The van der Waals surface area contributed by atoms with Gasteiger partial charge in [0.25, 0.3) is 0 Å². The number of benzene rings is 2. The Kier molecular flexibility index (Phi) is 7.91. The quantitative estimate of drug-likeness (QED) is 0.593. The van der Waals surface area contributed by atoms with Crippen LogP contribution in [0, 0.1) is 18.3 Å². The normalized spacial score (nSPS) is 11.3. The summed E-state index contributed by atoms with van der Waals surface area (Å²) in [6, 6.07) is 14.4. The van der Waals surface area contributed by atoms with Crippen LogP contribution in [0.4, 0.5) is 5.69 Å². The Hall–Kier alpha value is -2.97. The van der Waals surface area contributed by atoms with Crippen molar-refractivity contribution in [2.75, 3.05) is 18.0 Å². The Bertz CT molecular complexity index is 1070. The molecule has 0 aliphatic heterocycles. The van der Waals surface area contributed by atoms with Crippen LogP contribution in [-0.4, -0.2) is 29.2 Å². The number of H-pyrrole nitrogens is 1. The molecule has 0 aliphatic rings. The lowest BCUT2D eigenvalue weighted by Gasteiger charge is -2.23. The van der Waals surface area contributed by atoms with Crippen LogP contribution in [0.2, 0.25) is 0 Å². The van der Waals surface area contributed by atoms with Crippen LogP contribution in [0.15, 0.2) is 36.4 Å². The summed E-state index contributed by atoms with van der Waals surface area (Å²) in [6.45, 7) is 12.2. The van der Waals surface area contributed by atoms with Crippen LogP contribution in [-0.2, 0) is 0 Å². The fourth-order valence-corrected chi connectivity index (χ4v) is 3.34. The molecule has 1 aromatic heterocycles. The van der Waals surface area contributed by atoms with Gasteiger partial charge in [-0.05, 0) is 70.5 Å².